The Balaban J connectivity index is 1.53. The Morgan fingerprint density at radius 3 is 2.47 bits per heavy atom. The number of hydrogen-bond acceptors (Lipinski definition) is 6. The summed E-state index contributed by atoms with van der Waals surface area (Å²) in [5.74, 6) is 10.1. The molecule has 0 radical (unpaired) electrons. The monoisotopic (exact) mass is 714 g/mol. The number of aliphatic hydroxyl groups is 2. The summed E-state index contributed by atoms with van der Waals surface area (Å²) >= 11 is 0. The fourth-order valence-corrected chi connectivity index (χ4v) is 11.6. The number of methoxy groups -OCH3 is 1. The molecule has 1 saturated heterocycles. The molecule has 0 bridgehead atoms. The summed E-state index contributed by atoms with van der Waals surface area (Å²) in [4.78, 5) is 28.1. The molecule has 4 aliphatic carbocycles. The van der Waals surface area contributed by atoms with Gasteiger partial charge >= 0.3 is 0 Å². The smallest absolute Gasteiger partial charge is 0.144 e. The van der Waals surface area contributed by atoms with Gasteiger partial charge in [0.05, 0.1) is 31.7 Å². The molecular weight excluding hydrogens is 638 g/mol. The van der Waals surface area contributed by atoms with Gasteiger partial charge in [0.2, 0.25) is 0 Å². The van der Waals surface area contributed by atoms with Crippen molar-refractivity contribution in [3.63, 3.8) is 0 Å². The number of carbonyl (C=O) groups is 2. The summed E-state index contributed by atoms with van der Waals surface area (Å²) in [6, 6.07) is 0. The van der Waals surface area contributed by atoms with Crippen molar-refractivity contribution >= 4 is 11.6 Å². The Labute approximate surface area is 310 Å². The van der Waals surface area contributed by atoms with Crippen LogP contribution in [0.25, 0.3) is 0 Å². The molecule has 13 atom stereocenters. The van der Waals surface area contributed by atoms with Crippen molar-refractivity contribution in [3.8, 4) is 11.8 Å². The number of nitrogens with two attached hydrogens (primary N) is 3. The summed E-state index contributed by atoms with van der Waals surface area (Å²) in [5, 5.41) is 27.5. The zero-order valence-corrected chi connectivity index (χ0v) is 32.5. The molecular formula is C43H75N3O5+2. The third kappa shape index (κ3) is 11.3. The van der Waals surface area contributed by atoms with Crippen molar-refractivity contribution in [2.45, 2.75) is 160 Å². The van der Waals surface area contributed by atoms with Crippen molar-refractivity contribution in [1.82, 2.24) is 0 Å². The van der Waals surface area contributed by atoms with E-state index in [1.807, 2.05) is 0 Å². The van der Waals surface area contributed by atoms with Gasteiger partial charge in [0, 0.05) is 37.7 Å². The molecule has 1 heterocycles. The van der Waals surface area contributed by atoms with Crippen LogP contribution in [0.1, 0.15) is 136 Å². The lowest BCUT2D eigenvalue weighted by Gasteiger charge is -2.44. The Hall–Kier alpha value is -1.34. The lowest BCUT2D eigenvalue weighted by molar-refractivity contribution is -0.699. The van der Waals surface area contributed by atoms with Gasteiger partial charge in [-0.05, 0) is 118 Å². The lowest BCUT2D eigenvalue weighted by atomic mass is 9.63. The summed E-state index contributed by atoms with van der Waals surface area (Å²) < 4.78 is 5.75. The minimum absolute atomic E-state index is 0.00139. The van der Waals surface area contributed by atoms with E-state index in [9.17, 15) is 19.8 Å². The van der Waals surface area contributed by atoms with Gasteiger partial charge in [0.25, 0.3) is 0 Å². The van der Waals surface area contributed by atoms with E-state index >= 15 is 0 Å². The number of ether oxygens (including phenoxy) is 1. The van der Waals surface area contributed by atoms with Crippen LogP contribution in [0.15, 0.2) is 0 Å². The van der Waals surface area contributed by atoms with E-state index in [-0.39, 0.29) is 71.7 Å². The summed E-state index contributed by atoms with van der Waals surface area (Å²) in [6.45, 7) is 7.18. The van der Waals surface area contributed by atoms with E-state index in [1.54, 1.807) is 7.11 Å². The SMILES string of the molecule is CCC[NH2+]CC(O)C(CCC)C1CC(CC2CC[NH2+]C(N)C2)CC2C#CC(C3CCCCC3)C3CC(O)C(OC)CC3CCC(=O)CC(=O)C2C1. The number of Topliss-reactive ketones (excluding diaryl/α,β-unsaturated/α-hetero) is 2. The second-order valence-electron chi connectivity index (χ2n) is 17.9. The highest BCUT2D eigenvalue weighted by Gasteiger charge is 2.45. The quantitative estimate of drug-likeness (QED) is 0.118. The summed E-state index contributed by atoms with van der Waals surface area (Å²) in [7, 11) is 1.69. The van der Waals surface area contributed by atoms with Crippen LogP contribution in [0.2, 0.25) is 0 Å². The third-order valence-electron chi connectivity index (χ3n) is 14.2. The molecule has 1 aliphatic heterocycles. The summed E-state index contributed by atoms with van der Waals surface area (Å²) in [5.41, 5.74) is 6.46. The van der Waals surface area contributed by atoms with Gasteiger partial charge in [0.15, 0.2) is 0 Å². The fourth-order valence-electron chi connectivity index (χ4n) is 11.6. The van der Waals surface area contributed by atoms with Gasteiger partial charge in [0.1, 0.15) is 30.4 Å². The number of piperidine rings is 1. The molecule has 3 saturated carbocycles. The molecule has 8 heteroatoms. The molecule has 5 rings (SSSR count). The van der Waals surface area contributed by atoms with Crippen molar-refractivity contribution in [2.24, 2.45) is 64.9 Å². The molecule has 8 N–H and O–H groups in total. The van der Waals surface area contributed by atoms with Crippen LogP contribution in [0.4, 0.5) is 0 Å². The predicted molar refractivity (Wildman–Crippen MR) is 201 cm³/mol. The van der Waals surface area contributed by atoms with E-state index in [4.69, 9.17) is 10.5 Å². The van der Waals surface area contributed by atoms with Crippen LogP contribution in [0.3, 0.4) is 0 Å². The van der Waals surface area contributed by atoms with Crippen LogP contribution >= 0.6 is 0 Å². The van der Waals surface area contributed by atoms with Crippen LogP contribution in [0, 0.1) is 71.0 Å². The van der Waals surface area contributed by atoms with E-state index in [2.05, 4.69) is 36.3 Å². The van der Waals surface area contributed by atoms with Crippen molar-refractivity contribution < 1.29 is 35.2 Å². The first-order valence-corrected chi connectivity index (χ1v) is 21.5. The number of rotatable bonds is 12. The molecule has 290 valence electrons. The molecule has 51 heavy (non-hydrogen) atoms. The molecule has 8 nitrogen and oxygen atoms in total. The molecule has 13 unspecified atom stereocenters. The number of carbonyl (C=O) groups excluding carboxylic acids is 2. The minimum atomic E-state index is -0.513. The van der Waals surface area contributed by atoms with Gasteiger partial charge in [-0.25, -0.2) is 0 Å². The first-order chi connectivity index (χ1) is 24.7. The van der Waals surface area contributed by atoms with Crippen molar-refractivity contribution in [2.75, 3.05) is 26.7 Å². The van der Waals surface area contributed by atoms with E-state index in [0.717, 1.165) is 77.3 Å². The highest BCUT2D eigenvalue weighted by molar-refractivity contribution is 6.00. The molecule has 0 aromatic rings. The van der Waals surface area contributed by atoms with E-state index in [1.165, 1.54) is 38.5 Å². The van der Waals surface area contributed by atoms with E-state index in [0.29, 0.717) is 37.1 Å². The number of hydrogen-bond donors (Lipinski definition) is 5. The number of ketones is 2. The molecule has 0 aromatic carbocycles. The van der Waals surface area contributed by atoms with Crippen LogP contribution < -0.4 is 16.4 Å². The molecule has 0 aromatic heterocycles. The lowest BCUT2D eigenvalue weighted by Crippen LogP contribution is -2.94. The fraction of sp³-hybridized carbons (Fsp3) is 0.907. The molecule has 0 amide bonds. The largest absolute Gasteiger partial charge is 0.390 e. The maximum Gasteiger partial charge on any atom is 0.144 e. The number of fused-ring (bicyclic) bond motifs is 2. The average Bonchev–Trinajstić information content (AvgIpc) is 3.29. The van der Waals surface area contributed by atoms with Crippen LogP contribution in [0.5, 0.6) is 0 Å². The van der Waals surface area contributed by atoms with Crippen molar-refractivity contribution in [3.05, 3.63) is 0 Å². The molecule has 0 spiro atoms. The van der Waals surface area contributed by atoms with E-state index < -0.39 is 12.2 Å². The predicted octanol–water partition coefficient (Wildman–Crippen LogP) is 3.96. The minimum Gasteiger partial charge on any atom is -0.390 e. The van der Waals surface area contributed by atoms with Crippen molar-refractivity contribution in [1.29, 1.82) is 0 Å². The highest BCUT2D eigenvalue weighted by Crippen LogP contribution is 2.47. The van der Waals surface area contributed by atoms with Crippen LogP contribution in [-0.2, 0) is 14.3 Å². The Morgan fingerprint density at radius 1 is 0.941 bits per heavy atom. The zero-order valence-electron chi connectivity index (χ0n) is 32.5. The molecule has 5 aliphatic rings. The maximum absolute atomic E-state index is 14.5. The summed E-state index contributed by atoms with van der Waals surface area (Å²) in [6.07, 6.45) is 16.7. The van der Waals surface area contributed by atoms with Gasteiger partial charge in [-0.1, -0.05) is 51.4 Å². The average molecular weight is 714 g/mol. The molecule has 4 fully saturated rings. The Bertz CT molecular complexity index is 1150. The normalized spacial score (nSPS) is 38.5. The second kappa shape index (κ2) is 20.4. The standard InChI is InChI=1S/C43H73N3O5/c1-4-9-36(41(50)27-45-17-5-2)33-21-29(19-28-16-18-46-43(44)22-28)20-31-13-15-35(30-10-7-6-8-11-30)37-26-40(49)42(51-3)24-32(37)12-14-34(47)25-39(48)38(31)23-33/h28-33,35-38,40-43,45-46,49-50H,4-12,14,16-27,44H2,1-3H3/p+2. The highest BCUT2D eigenvalue weighted by atomic mass is 16.5. The van der Waals surface area contributed by atoms with Gasteiger partial charge < -0.3 is 25.6 Å². The maximum atomic E-state index is 14.5. The van der Waals surface area contributed by atoms with Gasteiger partial charge in [-0.2, -0.15) is 0 Å². The Morgan fingerprint density at radius 2 is 1.75 bits per heavy atom. The zero-order chi connectivity index (χ0) is 36.3. The second-order valence-corrected chi connectivity index (χ2v) is 17.9. The number of aliphatic hydroxyl groups excluding tert-OH is 2. The van der Waals surface area contributed by atoms with Gasteiger partial charge in [-0.3, -0.25) is 15.3 Å². The first-order valence-electron chi connectivity index (χ1n) is 21.5. The van der Waals surface area contributed by atoms with Gasteiger partial charge in [-0.15, -0.1) is 0 Å². The first kappa shape index (κ1) is 40.8. The third-order valence-corrected chi connectivity index (χ3v) is 14.2. The van der Waals surface area contributed by atoms with Crippen LogP contribution in [-0.4, -0.2) is 73.0 Å². The topological polar surface area (TPSA) is 143 Å². The Kier molecular flexibility index (Phi) is 16.3. The number of quaternary nitrogens is 2.